The van der Waals surface area contributed by atoms with Crippen molar-refractivity contribution >= 4 is 0 Å². The Labute approximate surface area is 72.2 Å². The maximum absolute atomic E-state index is 4.28. The molecule has 3 nitrogen and oxygen atoms in total. The molecular weight excluding hydrogens is 150 g/mol. The Morgan fingerprint density at radius 1 is 1.25 bits per heavy atom. The van der Waals surface area contributed by atoms with E-state index in [9.17, 15) is 0 Å². The average molecular weight is 163 g/mol. The zero-order chi connectivity index (χ0) is 8.23. The fraction of sp³-hybridized carbons (Fsp3) is 0.444. The van der Waals surface area contributed by atoms with Crippen molar-refractivity contribution in [2.45, 2.75) is 12.6 Å². The quantitative estimate of drug-likeness (QED) is 0.638. The first kappa shape index (κ1) is 7.71. The zero-order valence-electron chi connectivity index (χ0n) is 6.96. The molecule has 1 fully saturated rings. The molecule has 0 bridgehead atoms. The van der Waals surface area contributed by atoms with E-state index < -0.39 is 0 Å². The van der Waals surface area contributed by atoms with Crippen LogP contribution < -0.4 is 10.6 Å². The Kier molecular flexibility index (Phi) is 2.34. The van der Waals surface area contributed by atoms with E-state index >= 15 is 0 Å². The summed E-state index contributed by atoms with van der Waals surface area (Å²) in [4.78, 5) is 4.28. The molecule has 0 unspecified atom stereocenters. The van der Waals surface area contributed by atoms with E-state index in [2.05, 4.69) is 15.6 Å². The Bertz CT molecular complexity index is 229. The van der Waals surface area contributed by atoms with Crippen LogP contribution in [-0.2, 0) is 0 Å². The number of rotatable bonds is 1. The van der Waals surface area contributed by atoms with Crippen molar-refractivity contribution in [1.29, 1.82) is 0 Å². The summed E-state index contributed by atoms with van der Waals surface area (Å²) in [6.07, 6.45) is 3.27. The monoisotopic (exact) mass is 163 g/mol. The number of aromatic nitrogens is 1. The molecule has 0 amide bonds. The van der Waals surface area contributed by atoms with E-state index in [1.807, 2.05) is 24.4 Å². The van der Waals surface area contributed by atoms with Gasteiger partial charge in [-0.05, 0) is 31.6 Å². The second kappa shape index (κ2) is 3.65. The minimum absolute atomic E-state index is 0.250. The molecule has 0 saturated carbocycles. The molecule has 2 N–H and O–H groups in total. The summed E-state index contributed by atoms with van der Waals surface area (Å²) in [5, 5.41) is 6.72. The lowest BCUT2D eigenvalue weighted by molar-refractivity contribution is 0.373. The van der Waals surface area contributed by atoms with Crippen LogP contribution in [0.25, 0.3) is 0 Å². The molecule has 0 spiro atoms. The van der Waals surface area contributed by atoms with E-state index in [0.717, 1.165) is 18.8 Å². The second-order valence-corrected chi connectivity index (χ2v) is 2.95. The third kappa shape index (κ3) is 1.62. The normalized spacial score (nSPS) is 19.3. The number of pyridine rings is 1. The molecule has 0 radical (unpaired) electrons. The van der Waals surface area contributed by atoms with Gasteiger partial charge >= 0.3 is 0 Å². The molecule has 3 heteroatoms. The lowest BCUT2D eigenvalue weighted by Crippen LogP contribution is -2.41. The summed E-state index contributed by atoms with van der Waals surface area (Å²) in [6.45, 7) is 2.16. The predicted octanol–water partition coefficient (Wildman–Crippen LogP) is 0.663. The van der Waals surface area contributed by atoms with Gasteiger partial charge in [0.25, 0.3) is 0 Å². The molecule has 1 aromatic heterocycles. The summed E-state index contributed by atoms with van der Waals surface area (Å²) in [5.74, 6) is 0. The topological polar surface area (TPSA) is 37.0 Å². The van der Waals surface area contributed by atoms with E-state index in [0.29, 0.717) is 0 Å². The van der Waals surface area contributed by atoms with Crippen LogP contribution in [0.4, 0.5) is 0 Å². The molecule has 12 heavy (non-hydrogen) atoms. The molecule has 2 heterocycles. The highest BCUT2D eigenvalue weighted by molar-refractivity contribution is 5.08. The Morgan fingerprint density at radius 2 is 2.08 bits per heavy atom. The van der Waals surface area contributed by atoms with Crippen LogP contribution in [0.2, 0.25) is 0 Å². The molecule has 0 aromatic carbocycles. The van der Waals surface area contributed by atoms with E-state index in [4.69, 9.17) is 0 Å². The van der Waals surface area contributed by atoms with Gasteiger partial charge in [-0.25, -0.2) is 0 Å². The van der Waals surface area contributed by atoms with Gasteiger partial charge in [-0.2, -0.15) is 0 Å². The van der Waals surface area contributed by atoms with E-state index in [1.54, 1.807) is 0 Å². The lowest BCUT2D eigenvalue weighted by Gasteiger charge is -2.24. The average Bonchev–Trinajstić information content (AvgIpc) is 2.21. The first-order valence-corrected chi connectivity index (χ1v) is 4.34. The van der Waals surface area contributed by atoms with Gasteiger partial charge in [-0.3, -0.25) is 15.6 Å². The molecular formula is C9H13N3. The fourth-order valence-electron chi connectivity index (χ4n) is 1.41. The van der Waals surface area contributed by atoms with Crippen LogP contribution in [0.3, 0.4) is 0 Å². The molecule has 1 aliphatic heterocycles. The Morgan fingerprint density at radius 3 is 2.75 bits per heavy atom. The summed E-state index contributed by atoms with van der Waals surface area (Å²) < 4.78 is 0. The molecule has 0 atom stereocenters. The maximum Gasteiger partial charge on any atom is 0.101 e. The Hall–Kier alpha value is -0.930. The summed E-state index contributed by atoms with van der Waals surface area (Å²) in [6, 6.07) is 5.99. The smallest absolute Gasteiger partial charge is 0.101 e. The van der Waals surface area contributed by atoms with Crippen molar-refractivity contribution in [3.05, 3.63) is 30.1 Å². The highest BCUT2D eigenvalue weighted by atomic mass is 15.2. The van der Waals surface area contributed by atoms with Crippen LogP contribution in [0.15, 0.2) is 24.4 Å². The van der Waals surface area contributed by atoms with E-state index in [-0.39, 0.29) is 6.17 Å². The lowest BCUT2D eigenvalue weighted by atomic mass is 10.2. The Balaban J connectivity index is 2.08. The van der Waals surface area contributed by atoms with Crippen molar-refractivity contribution in [2.24, 2.45) is 0 Å². The van der Waals surface area contributed by atoms with Gasteiger partial charge in [0.2, 0.25) is 0 Å². The maximum atomic E-state index is 4.28. The predicted molar refractivity (Wildman–Crippen MR) is 47.6 cm³/mol. The zero-order valence-corrected chi connectivity index (χ0v) is 6.96. The number of nitrogens with zero attached hydrogens (tertiary/aromatic N) is 1. The van der Waals surface area contributed by atoms with Gasteiger partial charge in [0.05, 0.1) is 5.69 Å². The van der Waals surface area contributed by atoms with Crippen molar-refractivity contribution in [3.8, 4) is 0 Å². The molecule has 64 valence electrons. The van der Waals surface area contributed by atoms with Crippen LogP contribution >= 0.6 is 0 Å². The van der Waals surface area contributed by atoms with Gasteiger partial charge in [-0.15, -0.1) is 0 Å². The minimum atomic E-state index is 0.250. The van der Waals surface area contributed by atoms with Crippen molar-refractivity contribution < 1.29 is 0 Å². The van der Waals surface area contributed by atoms with Crippen molar-refractivity contribution in [1.82, 2.24) is 15.6 Å². The van der Waals surface area contributed by atoms with Crippen LogP contribution in [0.5, 0.6) is 0 Å². The molecule has 1 saturated heterocycles. The number of hydrogen-bond donors (Lipinski definition) is 2. The number of nitrogens with one attached hydrogen (secondary N) is 2. The van der Waals surface area contributed by atoms with Gasteiger partial charge in [0.15, 0.2) is 0 Å². The summed E-state index contributed by atoms with van der Waals surface area (Å²) in [5.41, 5.74) is 1.08. The highest BCUT2D eigenvalue weighted by Crippen LogP contribution is 2.07. The van der Waals surface area contributed by atoms with E-state index in [1.165, 1.54) is 6.42 Å². The standard InChI is InChI=1S/C9H13N3/c1-2-5-10-8(4-1)9-11-6-3-7-12-9/h1-2,4-5,9,11-12H,3,6-7H2. The fourth-order valence-corrected chi connectivity index (χ4v) is 1.41. The highest BCUT2D eigenvalue weighted by Gasteiger charge is 2.13. The first-order valence-electron chi connectivity index (χ1n) is 4.34. The van der Waals surface area contributed by atoms with Gasteiger partial charge in [0.1, 0.15) is 6.17 Å². The summed E-state index contributed by atoms with van der Waals surface area (Å²) >= 11 is 0. The van der Waals surface area contributed by atoms with Gasteiger partial charge in [0, 0.05) is 6.20 Å². The molecule has 0 aliphatic carbocycles. The molecule has 1 aromatic rings. The largest absolute Gasteiger partial charge is 0.297 e. The van der Waals surface area contributed by atoms with Crippen LogP contribution in [-0.4, -0.2) is 18.1 Å². The minimum Gasteiger partial charge on any atom is -0.297 e. The number of hydrogen-bond acceptors (Lipinski definition) is 3. The van der Waals surface area contributed by atoms with Crippen molar-refractivity contribution in [2.75, 3.05) is 13.1 Å². The molecule has 1 aliphatic rings. The third-order valence-electron chi connectivity index (χ3n) is 2.03. The second-order valence-electron chi connectivity index (χ2n) is 2.95. The molecule has 2 rings (SSSR count). The van der Waals surface area contributed by atoms with Crippen molar-refractivity contribution in [3.63, 3.8) is 0 Å². The first-order chi connectivity index (χ1) is 5.97. The van der Waals surface area contributed by atoms with Crippen LogP contribution in [0.1, 0.15) is 18.3 Å². The van der Waals surface area contributed by atoms with Gasteiger partial charge in [-0.1, -0.05) is 6.07 Å². The third-order valence-corrected chi connectivity index (χ3v) is 2.03. The summed E-state index contributed by atoms with van der Waals surface area (Å²) in [7, 11) is 0. The SMILES string of the molecule is c1ccc(C2NCCCN2)nc1. The van der Waals surface area contributed by atoms with Crippen LogP contribution in [0, 0.1) is 0 Å². The van der Waals surface area contributed by atoms with Gasteiger partial charge < -0.3 is 0 Å².